The van der Waals surface area contributed by atoms with Crippen molar-refractivity contribution in [2.24, 2.45) is 5.41 Å². The van der Waals surface area contributed by atoms with E-state index in [2.05, 4.69) is 24.3 Å². The highest BCUT2D eigenvalue weighted by Crippen LogP contribution is 2.49. The fraction of sp³-hybridized carbons (Fsp3) is 0.312. The summed E-state index contributed by atoms with van der Waals surface area (Å²) in [6.07, 6.45) is 20.8. The molecule has 3 rings (SSSR count). The van der Waals surface area contributed by atoms with Crippen molar-refractivity contribution in [1.29, 1.82) is 0 Å². The van der Waals surface area contributed by atoms with Gasteiger partial charge < -0.3 is 0 Å². The van der Waals surface area contributed by atoms with Gasteiger partial charge in [0.25, 0.3) is 0 Å². The average Bonchev–Trinajstić information content (AvgIpc) is 2.32. The number of ketones is 1. The van der Waals surface area contributed by atoms with Gasteiger partial charge in [0.15, 0.2) is 5.78 Å². The standard InChI is InChI=1S/C16H16O/c17-15-9-5-8-13-6-1-3-10-16(13)11-4-2-7-14(16)12-15/h2,4-5,7-9,11-12H,1,3,6,10H2/b9-5-,13-8-,14-12?. The van der Waals surface area contributed by atoms with E-state index in [1.54, 1.807) is 12.2 Å². The van der Waals surface area contributed by atoms with Crippen molar-refractivity contribution in [3.8, 4) is 0 Å². The Hall–Kier alpha value is -1.63. The molecule has 0 heterocycles. The number of rotatable bonds is 0. The van der Waals surface area contributed by atoms with Gasteiger partial charge in [-0.3, -0.25) is 4.79 Å². The van der Waals surface area contributed by atoms with Gasteiger partial charge >= 0.3 is 0 Å². The van der Waals surface area contributed by atoms with E-state index in [-0.39, 0.29) is 11.2 Å². The third kappa shape index (κ3) is 1.66. The summed E-state index contributed by atoms with van der Waals surface area (Å²) in [7, 11) is 0. The molecular formula is C16H16O. The largest absolute Gasteiger partial charge is 0.290 e. The fourth-order valence-corrected chi connectivity index (χ4v) is 3.12. The maximum Gasteiger partial charge on any atom is 0.178 e. The molecule has 86 valence electrons. The first-order chi connectivity index (χ1) is 8.31. The molecular weight excluding hydrogens is 208 g/mol. The second-order valence-corrected chi connectivity index (χ2v) is 4.95. The van der Waals surface area contributed by atoms with Gasteiger partial charge in [-0.2, -0.15) is 0 Å². The summed E-state index contributed by atoms with van der Waals surface area (Å²) >= 11 is 0. The van der Waals surface area contributed by atoms with E-state index in [0.717, 1.165) is 12.8 Å². The smallest absolute Gasteiger partial charge is 0.178 e. The Bertz CT molecular complexity index is 500. The van der Waals surface area contributed by atoms with Gasteiger partial charge in [0.2, 0.25) is 0 Å². The predicted octanol–water partition coefficient (Wildman–Crippen LogP) is 3.66. The quantitative estimate of drug-likeness (QED) is 0.613. The minimum absolute atomic E-state index is 0.00736. The van der Waals surface area contributed by atoms with Crippen LogP contribution in [0.15, 0.2) is 59.8 Å². The lowest BCUT2D eigenvalue weighted by Gasteiger charge is -2.40. The van der Waals surface area contributed by atoms with Gasteiger partial charge in [-0.1, -0.05) is 48.5 Å². The van der Waals surface area contributed by atoms with Crippen molar-refractivity contribution in [3.63, 3.8) is 0 Å². The first-order valence-electron chi connectivity index (χ1n) is 6.31. The zero-order chi connectivity index (χ0) is 11.7. The average molecular weight is 224 g/mol. The molecule has 0 aromatic heterocycles. The molecule has 1 fully saturated rings. The van der Waals surface area contributed by atoms with E-state index in [1.807, 2.05) is 12.2 Å². The topological polar surface area (TPSA) is 17.1 Å². The molecule has 0 aliphatic heterocycles. The summed E-state index contributed by atoms with van der Waals surface area (Å²) in [6.45, 7) is 0. The molecule has 3 aliphatic carbocycles. The van der Waals surface area contributed by atoms with Gasteiger partial charge in [-0.25, -0.2) is 0 Å². The van der Waals surface area contributed by atoms with Crippen LogP contribution >= 0.6 is 0 Å². The van der Waals surface area contributed by atoms with Crippen LogP contribution in [-0.4, -0.2) is 5.78 Å². The van der Waals surface area contributed by atoms with Crippen molar-refractivity contribution in [2.75, 3.05) is 0 Å². The highest BCUT2D eigenvalue weighted by molar-refractivity contribution is 6.00. The van der Waals surface area contributed by atoms with E-state index in [0.29, 0.717) is 0 Å². The molecule has 1 saturated carbocycles. The first kappa shape index (κ1) is 10.5. The third-order valence-corrected chi connectivity index (χ3v) is 3.98. The Morgan fingerprint density at radius 1 is 1.06 bits per heavy atom. The summed E-state index contributed by atoms with van der Waals surface area (Å²) in [5, 5.41) is 0. The molecule has 0 bridgehead atoms. The summed E-state index contributed by atoms with van der Waals surface area (Å²) in [5.74, 6) is 0.0974. The molecule has 1 spiro atoms. The van der Waals surface area contributed by atoms with E-state index in [4.69, 9.17) is 0 Å². The van der Waals surface area contributed by atoms with E-state index >= 15 is 0 Å². The van der Waals surface area contributed by atoms with Gasteiger partial charge in [0.1, 0.15) is 0 Å². The van der Waals surface area contributed by atoms with Crippen LogP contribution in [0, 0.1) is 5.41 Å². The lowest BCUT2D eigenvalue weighted by molar-refractivity contribution is -0.110. The zero-order valence-electron chi connectivity index (χ0n) is 9.86. The van der Waals surface area contributed by atoms with Gasteiger partial charge in [-0.15, -0.1) is 0 Å². The minimum atomic E-state index is 0.00736. The highest BCUT2D eigenvalue weighted by Gasteiger charge is 2.37. The third-order valence-electron chi connectivity index (χ3n) is 3.98. The summed E-state index contributed by atoms with van der Waals surface area (Å²) in [6, 6.07) is 0. The second-order valence-electron chi connectivity index (χ2n) is 4.95. The van der Waals surface area contributed by atoms with Crippen LogP contribution in [0.1, 0.15) is 25.7 Å². The molecule has 0 radical (unpaired) electrons. The van der Waals surface area contributed by atoms with Gasteiger partial charge in [0.05, 0.1) is 0 Å². The van der Waals surface area contributed by atoms with Crippen molar-refractivity contribution >= 4 is 5.78 Å². The van der Waals surface area contributed by atoms with E-state index in [9.17, 15) is 4.79 Å². The Labute approximate surface area is 102 Å². The van der Waals surface area contributed by atoms with Crippen molar-refractivity contribution in [1.82, 2.24) is 0 Å². The lowest BCUT2D eigenvalue weighted by atomic mass is 9.63. The van der Waals surface area contributed by atoms with Crippen LogP contribution in [0.4, 0.5) is 0 Å². The molecule has 1 heteroatoms. The number of hydrogen-bond acceptors (Lipinski definition) is 1. The van der Waals surface area contributed by atoms with E-state index in [1.165, 1.54) is 24.0 Å². The fourth-order valence-electron chi connectivity index (χ4n) is 3.12. The number of allylic oxidation sites excluding steroid dienone is 10. The number of hydrogen-bond donors (Lipinski definition) is 0. The van der Waals surface area contributed by atoms with Gasteiger partial charge in [0, 0.05) is 5.41 Å². The summed E-state index contributed by atoms with van der Waals surface area (Å²) in [4.78, 5) is 11.7. The Morgan fingerprint density at radius 3 is 2.94 bits per heavy atom. The molecule has 1 nitrogen and oxygen atoms in total. The second kappa shape index (κ2) is 3.99. The summed E-state index contributed by atoms with van der Waals surface area (Å²) in [5.41, 5.74) is 2.63. The summed E-state index contributed by atoms with van der Waals surface area (Å²) < 4.78 is 0. The molecule has 1 atom stereocenters. The Morgan fingerprint density at radius 2 is 2.00 bits per heavy atom. The Kier molecular flexibility index (Phi) is 2.47. The first-order valence-corrected chi connectivity index (χ1v) is 6.31. The van der Waals surface area contributed by atoms with Crippen LogP contribution in [-0.2, 0) is 4.79 Å². The molecule has 0 aromatic rings. The minimum Gasteiger partial charge on any atom is -0.290 e. The van der Waals surface area contributed by atoms with Crippen LogP contribution in [0.3, 0.4) is 0 Å². The molecule has 0 saturated heterocycles. The van der Waals surface area contributed by atoms with E-state index < -0.39 is 0 Å². The van der Waals surface area contributed by atoms with Crippen molar-refractivity contribution < 1.29 is 4.79 Å². The zero-order valence-corrected chi connectivity index (χ0v) is 9.86. The van der Waals surface area contributed by atoms with Crippen molar-refractivity contribution in [3.05, 3.63) is 59.8 Å². The SMILES string of the molecule is O=C1C=C2C=CC=CC23CCCC/C3=C/C=C\1. The maximum absolute atomic E-state index is 11.7. The predicted molar refractivity (Wildman–Crippen MR) is 69.5 cm³/mol. The molecule has 3 aliphatic rings. The maximum atomic E-state index is 11.7. The highest BCUT2D eigenvalue weighted by atomic mass is 16.1. The molecule has 17 heavy (non-hydrogen) atoms. The monoisotopic (exact) mass is 224 g/mol. The molecule has 0 aromatic carbocycles. The lowest BCUT2D eigenvalue weighted by Crippen LogP contribution is -2.28. The Balaban J connectivity index is 2.19. The van der Waals surface area contributed by atoms with Crippen LogP contribution in [0.25, 0.3) is 0 Å². The van der Waals surface area contributed by atoms with Crippen LogP contribution in [0.2, 0.25) is 0 Å². The molecule has 1 unspecified atom stereocenters. The normalized spacial score (nSPS) is 35.9. The van der Waals surface area contributed by atoms with Crippen molar-refractivity contribution in [2.45, 2.75) is 25.7 Å². The molecule has 0 amide bonds. The molecule has 0 N–H and O–H groups in total. The van der Waals surface area contributed by atoms with Crippen LogP contribution < -0.4 is 0 Å². The number of carbonyl (C=O) groups excluding carboxylic acids is 1. The van der Waals surface area contributed by atoms with Crippen LogP contribution in [0.5, 0.6) is 0 Å². The van der Waals surface area contributed by atoms with Gasteiger partial charge in [-0.05, 0) is 37.0 Å². The number of carbonyl (C=O) groups is 1.